The fourth-order valence-electron chi connectivity index (χ4n) is 3.28. The summed E-state index contributed by atoms with van der Waals surface area (Å²) in [6.07, 6.45) is 6.48. The second-order valence-corrected chi connectivity index (χ2v) is 8.56. The number of hydrogen-bond acceptors (Lipinski definition) is 3. The molecule has 0 radical (unpaired) electrons. The summed E-state index contributed by atoms with van der Waals surface area (Å²) < 4.78 is 1.96. The van der Waals surface area contributed by atoms with Gasteiger partial charge in [0.1, 0.15) is 11.6 Å². The Bertz CT molecular complexity index is 991. The number of pyridine rings is 1. The first kappa shape index (κ1) is 21.8. The predicted octanol–water partition coefficient (Wildman–Crippen LogP) is 4.16. The monoisotopic (exact) mass is 424 g/mol. The van der Waals surface area contributed by atoms with Crippen LogP contribution in [0.3, 0.4) is 0 Å². The van der Waals surface area contributed by atoms with Gasteiger partial charge in [0, 0.05) is 43.8 Å². The van der Waals surface area contributed by atoms with Gasteiger partial charge in [0.15, 0.2) is 5.96 Å². The molecular formula is C23H29ClN6. The Balaban J connectivity index is 1.51. The first-order valence-corrected chi connectivity index (χ1v) is 10.4. The Hall–Kier alpha value is -2.86. The van der Waals surface area contributed by atoms with Crippen LogP contribution in [0.5, 0.6) is 0 Å². The molecule has 158 valence electrons. The van der Waals surface area contributed by atoms with E-state index in [-0.39, 0.29) is 5.41 Å². The number of aromatic nitrogens is 3. The van der Waals surface area contributed by atoms with Gasteiger partial charge in [-0.25, -0.2) is 9.97 Å². The molecule has 3 aromatic rings. The number of halogens is 1. The summed E-state index contributed by atoms with van der Waals surface area (Å²) in [4.78, 5) is 13.1. The molecule has 6 nitrogen and oxygen atoms in total. The summed E-state index contributed by atoms with van der Waals surface area (Å²) in [7, 11) is 1.78. The molecule has 7 heteroatoms. The van der Waals surface area contributed by atoms with E-state index in [0.29, 0.717) is 6.54 Å². The highest BCUT2D eigenvalue weighted by Crippen LogP contribution is 2.22. The van der Waals surface area contributed by atoms with Crippen LogP contribution in [0.25, 0.3) is 5.82 Å². The molecule has 0 bridgehead atoms. The molecule has 0 fully saturated rings. The van der Waals surface area contributed by atoms with Crippen molar-refractivity contribution in [2.24, 2.45) is 10.4 Å². The third-order valence-electron chi connectivity index (χ3n) is 4.87. The van der Waals surface area contributed by atoms with Crippen LogP contribution in [-0.2, 0) is 13.0 Å². The number of benzene rings is 1. The largest absolute Gasteiger partial charge is 0.356 e. The van der Waals surface area contributed by atoms with E-state index >= 15 is 0 Å². The third-order valence-corrected chi connectivity index (χ3v) is 5.11. The topological polar surface area (TPSA) is 67.1 Å². The third kappa shape index (κ3) is 6.07. The Labute approximate surface area is 183 Å². The van der Waals surface area contributed by atoms with Crippen LogP contribution in [0.4, 0.5) is 0 Å². The molecule has 0 aliphatic carbocycles. The van der Waals surface area contributed by atoms with E-state index in [0.717, 1.165) is 41.2 Å². The molecule has 0 spiro atoms. The number of nitrogens with zero attached hydrogens (tertiary/aromatic N) is 4. The molecule has 0 aliphatic rings. The lowest BCUT2D eigenvalue weighted by molar-refractivity contribution is 0.359. The van der Waals surface area contributed by atoms with Crippen molar-refractivity contribution in [2.45, 2.75) is 33.7 Å². The van der Waals surface area contributed by atoms with Crippen LogP contribution in [0.2, 0.25) is 5.02 Å². The summed E-state index contributed by atoms with van der Waals surface area (Å²) in [5.74, 6) is 2.54. The zero-order chi connectivity index (χ0) is 21.6. The van der Waals surface area contributed by atoms with Crippen molar-refractivity contribution >= 4 is 17.6 Å². The van der Waals surface area contributed by atoms with E-state index in [1.807, 2.05) is 48.1 Å². The normalized spacial score (nSPS) is 12.1. The maximum absolute atomic E-state index is 6.12. The Morgan fingerprint density at radius 3 is 2.60 bits per heavy atom. The van der Waals surface area contributed by atoms with Crippen molar-refractivity contribution in [1.29, 1.82) is 0 Å². The quantitative estimate of drug-likeness (QED) is 0.441. The number of aryl methyl sites for hydroxylation is 1. The minimum Gasteiger partial charge on any atom is -0.356 e. The number of aliphatic imine (C=N–C) groups is 1. The van der Waals surface area contributed by atoms with Crippen molar-refractivity contribution in [1.82, 2.24) is 25.2 Å². The van der Waals surface area contributed by atoms with E-state index in [2.05, 4.69) is 51.6 Å². The Morgan fingerprint density at radius 2 is 1.97 bits per heavy atom. The van der Waals surface area contributed by atoms with Crippen molar-refractivity contribution in [2.75, 3.05) is 13.6 Å². The molecule has 0 saturated heterocycles. The van der Waals surface area contributed by atoms with Gasteiger partial charge in [0.2, 0.25) is 0 Å². The maximum Gasteiger partial charge on any atom is 0.191 e. The van der Waals surface area contributed by atoms with E-state index in [9.17, 15) is 0 Å². The van der Waals surface area contributed by atoms with Crippen LogP contribution < -0.4 is 10.6 Å². The average molecular weight is 425 g/mol. The molecule has 0 unspecified atom stereocenters. The molecule has 0 saturated carbocycles. The van der Waals surface area contributed by atoms with Crippen molar-refractivity contribution in [3.8, 4) is 5.82 Å². The first-order chi connectivity index (χ1) is 14.4. The Morgan fingerprint density at radius 1 is 1.13 bits per heavy atom. The van der Waals surface area contributed by atoms with Crippen LogP contribution in [0.1, 0.15) is 30.8 Å². The van der Waals surface area contributed by atoms with E-state index in [4.69, 9.17) is 11.6 Å². The second-order valence-electron chi connectivity index (χ2n) is 8.12. The van der Waals surface area contributed by atoms with E-state index in [1.54, 1.807) is 13.2 Å². The molecule has 2 heterocycles. The highest BCUT2D eigenvalue weighted by Gasteiger charge is 2.19. The zero-order valence-electron chi connectivity index (χ0n) is 18.0. The van der Waals surface area contributed by atoms with Gasteiger partial charge in [0.05, 0.1) is 0 Å². The molecule has 3 rings (SSSR count). The second kappa shape index (κ2) is 9.76. The van der Waals surface area contributed by atoms with Crippen molar-refractivity contribution in [3.05, 3.63) is 77.0 Å². The number of hydrogen-bond donors (Lipinski definition) is 2. The van der Waals surface area contributed by atoms with Gasteiger partial charge in [-0.2, -0.15) is 0 Å². The zero-order valence-corrected chi connectivity index (χ0v) is 18.7. The molecule has 0 aliphatic heterocycles. The molecule has 0 amide bonds. The van der Waals surface area contributed by atoms with Gasteiger partial charge in [-0.05, 0) is 48.1 Å². The molecular weight excluding hydrogens is 396 g/mol. The van der Waals surface area contributed by atoms with Gasteiger partial charge >= 0.3 is 0 Å². The lowest BCUT2D eigenvalue weighted by Crippen LogP contribution is -2.42. The minimum absolute atomic E-state index is 0.0498. The van der Waals surface area contributed by atoms with Gasteiger partial charge < -0.3 is 10.6 Å². The standard InChI is InChI=1S/C23H29ClN6/c1-17-26-10-11-30(17)21-9-8-19(14-27-21)15-28-22(25-4)29-16-23(2,3)13-18-6-5-7-20(24)12-18/h5-12,14H,13,15-16H2,1-4H3,(H2,25,28,29). The fourth-order valence-corrected chi connectivity index (χ4v) is 3.49. The van der Waals surface area contributed by atoms with Gasteiger partial charge in [0.25, 0.3) is 0 Å². The minimum atomic E-state index is 0.0498. The lowest BCUT2D eigenvalue weighted by atomic mass is 9.86. The summed E-state index contributed by atoms with van der Waals surface area (Å²) in [6, 6.07) is 12.1. The maximum atomic E-state index is 6.12. The van der Waals surface area contributed by atoms with Gasteiger partial charge in [-0.1, -0.05) is 43.6 Å². The number of guanidine groups is 1. The molecule has 30 heavy (non-hydrogen) atoms. The molecule has 0 atom stereocenters. The lowest BCUT2D eigenvalue weighted by Gasteiger charge is -2.26. The number of imidazole rings is 1. The van der Waals surface area contributed by atoms with Gasteiger partial charge in [-0.15, -0.1) is 0 Å². The van der Waals surface area contributed by atoms with Crippen LogP contribution >= 0.6 is 11.6 Å². The number of rotatable bonds is 7. The van der Waals surface area contributed by atoms with E-state index < -0.39 is 0 Å². The van der Waals surface area contributed by atoms with Gasteiger partial charge in [-0.3, -0.25) is 9.56 Å². The Kier molecular flexibility index (Phi) is 7.11. The average Bonchev–Trinajstić information content (AvgIpc) is 3.14. The van der Waals surface area contributed by atoms with Crippen molar-refractivity contribution < 1.29 is 0 Å². The van der Waals surface area contributed by atoms with Crippen LogP contribution in [0, 0.1) is 12.3 Å². The van der Waals surface area contributed by atoms with Crippen LogP contribution in [-0.4, -0.2) is 34.1 Å². The summed E-state index contributed by atoms with van der Waals surface area (Å²) in [6.45, 7) is 7.85. The summed E-state index contributed by atoms with van der Waals surface area (Å²) >= 11 is 6.12. The SMILES string of the molecule is CN=C(NCc1ccc(-n2ccnc2C)nc1)NCC(C)(C)Cc1cccc(Cl)c1. The first-order valence-electron chi connectivity index (χ1n) is 10.0. The molecule has 1 aromatic carbocycles. The summed E-state index contributed by atoms with van der Waals surface area (Å²) in [5, 5.41) is 7.56. The highest BCUT2D eigenvalue weighted by atomic mass is 35.5. The summed E-state index contributed by atoms with van der Waals surface area (Å²) in [5.41, 5.74) is 2.36. The van der Waals surface area contributed by atoms with Crippen LogP contribution in [0.15, 0.2) is 60.0 Å². The highest BCUT2D eigenvalue weighted by molar-refractivity contribution is 6.30. The smallest absolute Gasteiger partial charge is 0.191 e. The fraction of sp³-hybridized carbons (Fsp3) is 0.348. The molecule has 2 aromatic heterocycles. The number of nitrogens with one attached hydrogen (secondary N) is 2. The van der Waals surface area contributed by atoms with Crippen molar-refractivity contribution in [3.63, 3.8) is 0 Å². The van der Waals surface area contributed by atoms with E-state index in [1.165, 1.54) is 5.56 Å². The predicted molar refractivity (Wildman–Crippen MR) is 123 cm³/mol. The molecule has 2 N–H and O–H groups in total.